The van der Waals surface area contributed by atoms with E-state index in [2.05, 4.69) is 0 Å². The zero-order valence-corrected chi connectivity index (χ0v) is 12.5. The lowest BCUT2D eigenvalue weighted by Gasteiger charge is -2.35. The molecule has 0 unspecified atom stereocenters. The summed E-state index contributed by atoms with van der Waals surface area (Å²) in [7, 11) is 0. The van der Waals surface area contributed by atoms with E-state index >= 15 is 0 Å². The minimum Gasteiger partial charge on any atom is -0.459 e. The Kier molecular flexibility index (Phi) is 5.64. The van der Waals surface area contributed by atoms with E-state index in [9.17, 15) is 4.79 Å². The number of esters is 1. The van der Waals surface area contributed by atoms with Gasteiger partial charge in [0, 0.05) is 0 Å². The molecule has 2 rings (SSSR count). The van der Waals surface area contributed by atoms with Crippen molar-refractivity contribution in [3.8, 4) is 0 Å². The molecule has 1 saturated heterocycles. The zero-order valence-electron chi connectivity index (χ0n) is 12.5. The van der Waals surface area contributed by atoms with Gasteiger partial charge in [-0.05, 0) is 39.5 Å². The van der Waals surface area contributed by atoms with Crippen molar-refractivity contribution in [1.82, 2.24) is 0 Å². The van der Waals surface area contributed by atoms with Crippen LogP contribution in [-0.4, -0.2) is 50.8 Å². The molecule has 2 aliphatic rings. The van der Waals surface area contributed by atoms with Gasteiger partial charge in [0.1, 0.15) is 26.2 Å². The molecule has 0 amide bonds. The summed E-state index contributed by atoms with van der Waals surface area (Å²) >= 11 is 0. The molecule has 2 N–H and O–H groups in total. The van der Waals surface area contributed by atoms with Crippen molar-refractivity contribution in [2.24, 2.45) is 0 Å². The van der Waals surface area contributed by atoms with Crippen molar-refractivity contribution >= 4 is 5.97 Å². The van der Waals surface area contributed by atoms with Gasteiger partial charge in [-0.2, -0.15) is 0 Å². The van der Waals surface area contributed by atoms with Crippen LogP contribution >= 0.6 is 0 Å². The van der Waals surface area contributed by atoms with E-state index in [1.807, 2.05) is 13.8 Å². The Bertz CT molecular complexity index is 280. The van der Waals surface area contributed by atoms with Gasteiger partial charge < -0.3 is 14.5 Å². The van der Waals surface area contributed by atoms with Crippen LogP contribution < -0.4 is 9.80 Å². The lowest BCUT2D eigenvalue weighted by Crippen LogP contribution is -3.30. The van der Waals surface area contributed by atoms with Crippen molar-refractivity contribution in [2.45, 2.75) is 58.1 Å². The highest BCUT2D eigenvalue weighted by Crippen LogP contribution is 2.15. The Labute approximate surface area is 117 Å². The second-order valence-electron chi connectivity index (χ2n) is 6.46. The van der Waals surface area contributed by atoms with Gasteiger partial charge in [-0.3, -0.25) is 0 Å². The molecule has 110 valence electrons. The number of carbonyl (C=O) groups is 1. The van der Waals surface area contributed by atoms with Crippen molar-refractivity contribution in [3.63, 3.8) is 0 Å². The predicted octanol–water partition coefficient (Wildman–Crippen LogP) is -0.946. The van der Waals surface area contributed by atoms with Crippen molar-refractivity contribution in [3.05, 3.63) is 0 Å². The van der Waals surface area contributed by atoms with E-state index in [1.54, 1.807) is 4.90 Å². The number of carbonyl (C=O) groups excluding carboxylic acids is 1. The van der Waals surface area contributed by atoms with Gasteiger partial charge in [-0.1, -0.05) is 6.42 Å². The van der Waals surface area contributed by atoms with Crippen LogP contribution in [0.1, 0.15) is 46.0 Å². The van der Waals surface area contributed by atoms with Crippen LogP contribution in [0.15, 0.2) is 0 Å². The maximum Gasteiger partial charge on any atom is 0.361 e. The Morgan fingerprint density at radius 2 is 1.74 bits per heavy atom. The molecule has 0 atom stereocenters. The average molecular weight is 270 g/mol. The third kappa shape index (κ3) is 4.77. The van der Waals surface area contributed by atoms with E-state index in [1.165, 1.54) is 50.1 Å². The normalized spacial score (nSPS) is 29.4. The van der Waals surface area contributed by atoms with Crippen LogP contribution in [0.3, 0.4) is 0 Å². The van der Waals surface area contributed by atoms with Crippen molar-refractivity contribution < 1.29 is 19.3 Å². The monoisotopic (exact) mass is 270 g/mol. The third-order valence-corrected chi connectivity index (χ3v) is 4.54. The second kappa shape index (κ2) is 7.25. The van der Waals surface area contributed by atoms with Crippen LogP contribution in [-0.2, 0) is 9.53 Å². The van der Waals surface area contributed by atoms with Gasteiger partial charge in [0.15, 0.2) is 6.54 Å². The molecule has 1 aliphatic carbocycles. The predicted molar refractivity (Wildman–Crippen MR) is 74.4 cm³/mol. The van der Waals surface area contributed by atoms with Crippen LogP contribution in [0.5, 0.6) is 0 Å². The van der Waals surface area contributed by atoms with Gasteiger partial charge >= 0.3 is 5.97 Å². The molecule has 1 heterocycles. The number of piperazine rings is 1. The van der Waals surface area contributed by atoms with Crippen molar-refractivity contribution in [1.29, 1.82) is 0 Å². The van der Waals surface area contributed by atoms with E-state index in [-0.39, 0.29) is 12.1 Å². The number of rotatable bonds is 4. The number of hydrogen-bond acceptors (Lipinski definition) is 2. The Morgan fingerprint density at radius 3 is 2.32 bits per heavy atom. The number of nitrogens with one attached hydrogen (secondary N) is 2. The standard InChI is InChI=1S/C15H28N2O2/c1-13(2)19-15(18)12-16-8-10-17(11-9-16)14-6-4-3-5-7-14/h13-14H,3-12H2,1-2H3/p+2. The lowest BCUT2D eigenvalue weighted by molar-refractivity contribution is -1.02. The van der Waals surface area contributed by atoms with Gasteiger partial charge in [0.2, 0.25) is 0 Å². The fraction of sp³-hybridized carbons (Fsp3) is 0.933. The van der Waals surface area contributed by atoms with Crippen LogP contribution in [0.25, 0.3) is 0 Å². The molecule has 2 fully saturated rings. The van der Waals surface area contributed by atoms with Crippen LogP contribution in [0.4, 0.5) is 0 Å². The first-order valence-electron chi connectivity index (χ1n) is 8.03. The van der Waals surface area contributed by atoms with E-state index < -0.39 is 0 Å². The number of ether oxygens (including phenoxy) is 1. The summed E-state index contributed by atoms with van der Waals surface area (Å²) in [6, 6.07) is 0.901. The van der Waals surface area contributed by atoms with Gasteiger partial charge in [-0.25, -0.2) is 4.79 Å². The summed E-state index contributed by atoms with van der Waals surface area (Å²) in [5.74, 6) is -0.0360. The minimum absolute atomic E-state index is 0.0149. The summed E-state index contributed by atoms with van der Waals surface area (Å²) < 4.78 is 5.23. The first-order valence-corrected chi connectivity index (χ1v) is 8.03. The molecule has 0 radical (unpaired) electrons. The molecule has 4 heteroatoms. The van der Waals surface area contributed by atoms with E-state index in [4.69, 9.17) is 4.74 Å². The Balaban J connectivity index is 1.68. The van der Waals surface area contributed by atoms with Crippen molar-refractivity contribution in [2.75, 3.05) is 32.7 Å². The third-order valence-electron chi connectivity index (χ3n) is 4.54. The highest BCUT2D eigenvalue weighted by molar-refractivity contribution is 5.70. The van der Waals surface area contributed by atoms with Crippen LogP contribution in [0.2, 0.25) is 0 Å². The molecule has 0 aromatic heterocycles. The van der Waals surface area contributed by atoms with Gasteiger partial charge in [0.05, 0.1) is 12.1 Å². The molecule has 19 heavy (non-hydrogen) atoms. The van der Waals surface area contributed by atoms with E-state index in [0.29, 0.717) is 6.54 Å². The molecule has 4 nitrogen and oxygen atoms in total. The first-order chi connectivity index (χ1) is 9.15. The summed E-state index contributed by atoms with van der Waals surface area (Å²) in [5.41, 5.74) is 0. The van der Waals surface area contributed by atoms with E-state index in [0.717, 1.165) is 19.1 Å². The smallest absolute Gasteiger partial charge is 0.361 e. The van der Waals surface area contributed by atoms with Gasteiger partial charge in [-0.15, -0.1) is 0 Å². The fourth-order valence-electron chi connectivity index (χ4n) is 3.53. The number of quaternary nitrogens is 2. The molecule has 0 spiro atoms. The zero-order chi connectivity index (χ0) is 13.7. The summed E-state index contributed by atoms with van der Waals surface area (Å²) in [6.45, 7) is 9.09. The first kappa shape index (κ1) is 14.8. The fourth-order valence-corrected chi connectivity index (χ4v) is 3.53. The maximum absolute atomic E-state index is 11.7. The number of hydrogen-bond donors (Lipinski definition) is 2. The molecule has 0 aromatic carbocycles. The van der Waals surface area contributed by atoms with Gasteiger partial charge in [0.25, 0.3) is 0 Å². The Hall–Kier alpha value is -0.610. The molecule has 0 aromatic rings. The molecule has 1 saturated carbocycles. The lowest BCUT2D eigenvalue weighted by atomic mass is 9.94. The SMILES string of the molecule is CC(C)OC(=O)C[NH+]1CC[NH+](C2CCCCC2)CC1. The Morgan fingerprint density at radius 1 is 1.11 bits per heavy atom. The molecule has 0 bridgehead atoms. The topological polar surface area (TPSA) is 35.2 Å². The summed E-state index contributed by atoms with van der Waals surface area (Å²) in [4.78, 5) is 14.9. The second-order valence-corrected chi connectivity index (χ2v) is 6.46. The molecular formula is C15H30N2O2+2. The maximum atomic E-state index is 11.7. The summed E-state index contributed by atoms with van der Waals surface area (Å²) in [5, 5.41) is 0. The highest BCUT2D eigenvalue weighted by atomic mass is 16.5. The quantitative estimate of drug-likeness (QED) is 0.647. The highest BCUT2D eigenvalue weighted by Gasteiger charge is 2.31. The molecule has 1 aliphatic heterocycles. The largest absolute Gasteiger partial charge is 0.459 e. The average Bonchev–Trinajstić information content (AvgIpc) is 2.39. The minimum atomic E-state index is -0.0360. The summed E-state index contributed by atoms with van der Waals surface area (Å²) in [6.07, 6.45) is 7.13. The molecular weight excluding hydrogens is 240 g/mol. The van der Waals surface area contributed by atoms with Crippen LogP contribution in [0, 0.1) is 0 Å².